The number of nitrogens with zero attached hydrogens (tertiary/aromatic N) is 2. The summed E-state index contributed by atoms with van der Waals surface area (Å²) in [5.74, 6) is 2.59. The lowest BCUT2D eigenvalue weighted by molar-refractivity contribution is 0.143. The number of halogens is 1. The molecule has 1 saturated heterocycles. The summed E-state index contributed by atoms with van der Waals surface area (Å²) >= 11 is 0. The van der Waals surface area contributed by atoms with Crippen molar-refractivity contribution in [1.82, 2.24) is 15.5 Å². The molecule has 0 radical (unpaired) electrons. The fourth-order valence-corrected chi connectivity index (χ4v) is 2.84. The number of guanidine groups is 1. The minimum atomic E-state index is 0. The number of likely N-dealkylation sites (tertiary alicyclic amines) is 1. The number of nitrogens with one attached hydrogen (secondary N) is 2. The van der Waals surface area contributed by atoms with Crippen LogP contribution < -0.4 is 10.6 Å². The van der Waals surface area contributed by atoms with Crippen molar-refractivity contribution in [3.05, 3.63) is 0 Å². The third-order valence-corrected chi connectivity index (χ3v) is 3.88. The minimum Gasteiger partial charge on any atom is -0.355 e. The molecule has 0 aromatic heterocycles. The predicted molar refractivity (Wildman–Crippen MR) is 99.1 cm³/mol. The lowest BCUT2D eigenvalue weighted by Gasteiger charge is -2.35. The Labute approximate surface area is 142 Å². The second-order valence-corrected chi connectivity index (χ2v) is 6.16. The van der Waals surface area contributed by atoms with E-state index >= 15 is 0 Å². The van der Waals surface area contributed by atoms with E-state index in [0.29, 0.717) is 6.04 Å². The van der Waals surface area contributed by atoms with E-state index in [9.17, 15) is 0 Å². The maximum absolute atomic E-state index is 4.26. The Hall–Kier alpha value is -0.0400. The van der Waals surface area contributed by atoms with Gasteiger partial charge in [-0.05, 0) is 31.6 Å². The van der Waals surface area contributed by atoms with Crippen LogP contribution >= 0.6 is 24.0 Å². The second-order valence-electron chi connectivity index (χ2n) is 6.16. The van der Waals surface area contributed by atoms with E-state index in [4.69, 9.17) is 0 Å². The molecule has 1 aliphatic rings. The van der Waals surface area contributed by atoms with Crippen LogP contribution in [-0.2, 0) is 0 Å². The van der Waals surface area contributed by atoms with Gasteiger partial charge >= 0.3 is 0 Å². The summed E-state index contributed by atoms with van der Waals surface area (Å²) in [5, 5.41) is 6.80. The van der Waals surface area contributed by atoms with Gasteiger partial charge in [-0.15, -0.1) is 24.0 Å². The monoisotopic (exact) mass is 396 g/mol. The molecule has 2 N–H and O–H groups in total. The Morgan fingerprint density at radius 1 is 1.30 bits per heavy atom. The van der Waals surface area contributed by atoms with E-state index in [1.54, 1.807) is 0 Å². The van der Waals surface area contributed by atoms with Crippen LogP contribution in [0.4, 0.5) is 0 Å². The molecule has 0 aliphatic carbocycles. The summed E-state index contributed by atoms with van der Waals surface area (Å²) in [5.41, 5.74) is 0. The minimum absolute atomic E-state index is 0. The summed E-state index contributed by atoms with van der Waals surface area (Å²) in [4.78, 5) is 6.84. The number of rotatable bonds is 5. The van der Waals surface area contributed by atoms with Crippen molar-refractivity contribution in [1.29, 1.82) is 0 Å². The molecule has 0 aromatic carbocycles. The van der Waals surface area contributed by atoms with E-state index in [-0.39, 0.29) is 24.0 Å². The van der Waals surface area contributed by atoms with Crippen LogP contribution in [0.25, 0.3) is 0 Å². The molecule has 1 heterocycles. The van der Waals surface area contributed by atoms with E-state index in [1.165, 1.54) is 19.5 Å². The summed E-state index contributed by atoms with van der Waals surface area (Å²) in [6, 6.07) is 0.473. The largest absolute Gasteiger partial charge is 0.355 e. The second kappa shape index (κ2) is 10.7. The fraction of sp³-hybridized carbons (Fsp3) is 0.933. The zero-order valence-corrected chi connectivity index (χ0v) is 16.1. The average molecular weight is 396 g/mol. The normalized spacial score (nSPS) is 25.8. The number of piperidine rings is 1. The van der Waals surface area contributed by atoms with Gasteiger partial charge < -0.3 is 15.5 Å². The molecule has 0 saturated carbocycles. The van der Waals surface area contributed by atoms with E-state index < -0.39 is 0 Å². The summed E-state index contributed by atoms with van der Waals surface area (Å²) in [6.07, 6.45) is 2.49. The molecule has 120 valence electrons. The fourth-order valence-electron chi connectivity index (χ4n) is 2.84. The third kappa shape index (κ3) is 7.67. The van der Waals surface area contributed by atoms with Gasteiger partial charge in [0.1, 0.15) is 0 Å². The van der Waals surface area contributed by atoms with Crippen LogP contribution in [0.3, 0.4) is 0 Å². The van der Waals surface area contributed by atoms with E-state index in [2.05, 4.69) is 48.2 Å². The van der Waals surface area contributed by atoms with Crippen molar-refractivity contribution < 1.29 is 0 Å². The molecule has 20 heavy (non-hydrogen) atoms. The van der Waals surface area contributed by atoms with Crippen LogP contribution in [0.2, 0.25) is 0 Å². The van der Waals surface area contributed by atoms with E-state index in [0.717, 1.165) is 37.3 Å². The van der Waals surface area contributed by atoms with Gasteiger partial charge in [-0.25, -0.2) is 0 Å². The Balaban J connectivity index is 0.00000361. The SMILES string of the molecule is CCC(C)NC(=NC)NCCN1CC(C)CC(C)C1.I. The Morgan fingerprint density at radius 3 is 2.40 bits per heavy atom. The Morgan fingerprint density at radius 2 is 1.90 bits per heavy atom. The first kappa shape index (κ1) is 20.0. The van der Waals surface area contributed by atoms with Crippen LogP contribution in [0.5, 0.6) is 0 Å². The molecule has 0 aromatic rings. The Bertz CT molecular complexity index is 273. The molecule has 5 heteroatoms. The van der Waals surface area contributed by atoms with Crippen molar-refractivity contribution >= 4 is 29.9 Å². The third-order valence-electron chi connectivity index (χ3n) is 3.88. The van der Waals surface area contributed by atoms with E-state index in [1.807, 2.05) is 7.05 Å². The molecule has 1 fully saturated rings. The first-order chi connectivity index (χ1) is 9.05. The first-order valence-electron chi connectivity index (χ1n) is 7.74. The van der Waals surface area contributed by atoms with Gasteiger partial charge in [0.25, 0.3) is 0 Å². The van der Waals surface area contributed by atoms with Crippen LogP contribution in [-0.4, -0.2) is 50.1 Å². The maximum atomic E-state index is 4.26. The number of hydrogen-bond acceptors (Lipinski definition) is 2. The van der Waals surface area contributed by atoms with Crippen LogP contribution in [0.15, 0.2) is 4.99 Å². The van der Waals surface area contributed by atoms with Gasteiger partial charge in [0, 0.05) is 39.3 Å². The van der Waals surface area contributed by atoms with Crippen molar-refractivity contribution in [3.63, 3.8) is 0 Å². The average Bonchev–Trinajstić information content (AvgIpc) is 2.36. The molecule has 0 spiro atoms. The molecular formula is C15H33IN4. The number of aliphatic imine (C=N–C) groups is 1. The molecule has 0 bridgehead atoms. The summed E-state index contributed by atoms with van der Waals surface area (Å²) in [6.45, 7) is 13.6. The van der Waals surface area contributed by atoms with Gasteiger partial charge in [-0.3, -0.25) is 4.99 Å². The van der Waals surface area contributed by atoms with Gasteiger partial charge in [-0.2, -0.15) is 0 Å². The smallest absolute Gasteiger partial charge is 0.191 e. The lowest BCUT2D eigenvalue weighted by Crippen LogP contribution is -2.46. The molecule has 3 unspecified atom stereocenters. The van der Waals surface area contributed by atoms with Crippen LogP contribution in [0, 0.1) is 11.8 Å². The molecular weight excluding hydrogens is 363 g/mol. The van der Waals surface area contributed by atoms with Crippen LogP contribution in [0.1, 0.15) is 40.5 Å². The highest BCUT2D eigenvalue weighted by Crippen LogP contribution is 2.20. The molecule has 1 rings (SSSR count). The molecule has 3 atom stereocenters. The molecule has 1 aliphatic heterocycles. The topological polar surface area (TPSA) is 39.7 Å². The predicted octanol–water partition coefficient (Wildman–Crippen LogP) is 2.55. The van der Waals surface area contributed by atoms with Gasteiger partial charge in [0.15, 0.2) is 5.96 Å². The highest BCUT2D eigenvalue weighted by Gasteiger charge is 2.21. The summed E-state index contributed by atoms with van der Waals surface area (Å²) < 4.78 is 0. The maximum Gasteiger partial charge on any atom is 0.191 e. The zero-order chi connectivity index (χ0) is 14.3. The Kier molecular flexibility index (Phi) is 10.6. The number of hydrogen-bond donors (Lipinski definition) is 2. The van der Waals surface area contributed by atoms with Crippen molar-refractivity contribution in [2.24, 2.45) is 16.8 Å². The van der Waals surface area contributed by atoms with Gasteiger partial charge in [-0.1, -0.05) is 20.8 Å². The first-order valence-corrected chi connectivity index (χ1v) is 7.74. The highest BCUT2D eigenvalue weighted by atomic mass is 127. The van der Waals surface area contributed by atoms with Gasteiger partial charge in [0.05, 0.1) is 0 Å². The van der Waals surface area contributed by atoms with Crippen molar-refractivity contribution in [2.45, 2.75) is 46.6 Å². The zero-order valence-electron chi connectivity index (χ0n) is 13.8. The standard InChI is InChI=1S/C15H32N4.HI/c1-6-14(4)18-15(16-5)17-7-8-19-10-12(2)9-13(3)11-19;/h12-14H,6-11H2,1-5H3,(H2,16,17,18);1H. The van der Waals surface area contributed by atoms with Gasteiger partial charge in [0.2, 0.25) is 0 Å². The quantitative estimate of drug-likeness (QED) is 0.426. The molecule has 0 amide bonds. The lowest BCUT2D eigenvalue weighted by atomic mass is 9.92. The van der Waals surface area contributed by atoms with Crippen molar-refractivity contribution in [3.8, 4) is 0 Å². The molecule has 4 nitrogen and oxygen atoms in total. The van der Waals surface area contributed by atoms with Crippen molar-refractivity contribution in [2.75, 3.05) is 33.2 Å². The highest BCUT2D eigenvalue weighted by molar-refractivity contribution is 14.0. The summed E-state index contributed by atoms with van der Waals surface area (Å²) in [7, 11) is 1.84.